The van der Waals surface area contributed by atoms with Crippen LogP contribution in [0, 0.1) is 19.3 Å². The number of aryl methyl sites for hydroxylation is 1. The lowest BCUT2D eigenvalue weighted by Gasteiger charge is -2.32. The minimum atomic E-state index is -0.706. The summed E-state index contributed by atoms with van der Waals surface area (Å²) in [6.07, 6.45) is 5.98. The van der Waals surface area contributed by atoms with Crippen molar-refractivity contribution in [2.45, 2.75) is 66.3 Å². The number of carboxylic acids is 1. The van der Waals surface area contributed by atoms with Crippen molar-refractivity contribution in [2.24, 2.45) is 5.41 Å². The van der Waals surface area contributed by atoms with Crippen LogP contribution in [0.1, 0.15) is 57.2 Å². The van der Waals surface area contributed by atoms with Crippen LogP contribution in [0.15, 0.2) is 6.20 Å². The molecule has 0 aromatic carbocycles. The van der Waals surface area contributed by atoms with Crippen molar-refractivity contribution < 1.29 is 9.90 Å². The standard InChI is InChI=1S/C15H26N2O2/c1-5-8-15(6-2,9-7-14(18)19)11-17-13(4)12(3)10-16-17/h10H,5-9,11H2,1-4H3,(H,18,19). The Morgan fingerprint density at radius 1 is 1.37 bits per heavy atom. The number of hydrogen-bond acceptors (Lipinski definition) is 2. The minimum Gasteiger partial charge on any atom is -0.481 e. The van der Waals surface area contributed by atoms with Gasteiger partial charge in [-0.2, -0.15) is 5.10 Å². The van der Waals surface area contributed by atoms with E-state index in [0.717, 1.165) is 32.2 Å². The van der Waals surface area contributed by atoms with Crippen molar-refractivity contribution in [1.82, 2.24) is 9.78 Å². The molecular weight excluding hydrogens is 240 g/mol. The smallest absolute Gasteiger partial charge is 0.303 e. The highest BCUT2D eigenvalue weighted by Gasteiger charge is 2.29. The van der Waals surface area contributed by atoms with Gasteiger partial charge >= 0.3 is 5.97 Å². The molecule has 1 atom stereocenters. The van der Waals surface area contributed by atoms with Crippen LogP contribution < -0.4 is 0 Å². The zero-order valence-electron chi connectivity index (χ0n) is 12.6. The van der Waals surface area contributed by atoms with E-state index in [1.807, 2.05) is 10.9 Å². The first-order valence-electron chi connectivity index (χ1n) is 7.15. The molecule has 0 aliphatic rings. The van der Waals surface area contributed by atoms with E-state index in [1.54, 1.807) is 0 Å². The molecule has 0 spiro atoms. The van der Waals surface area contributed by atoms with Gasteiger partial charge in [-0.3, -0.25) is 9.48 Å². The van der Waals surface area contributed by atoms with E-state index in [-0.39, 0.29) is 11.8 Å². The highest BCUT2D eigenvalue weighted by atomic mass is 16.4. The Bertz CT molecular complexity index is 426. The SMILES string of the molecule is CCCC(CC)(CCC(=O)O)Cn1ncc(C)c1C. The molecule has 4 heteroatoms. The van der Waals surface area contributed by atoms with E-state index in [0.29, 0.717) is 0 Å². The third-order valence-electron chi connectivity index (χ3n) is 4.23. The van der Waals surface area contributed by atoms with E-state index in [2.05, 4.69) is 32.8 Å². The number of aromatic nitrogens is 2. The third-order valence-corrected chi connectivity index (χ3v) is 4.23. The molecular formula is C15H26N2O2. The molecule has 0 saturated heterocycles. The van der Waals surface area contributed by atoms with Gasteiger partial charge in [0.25, 0.3) is 0 Å². The molecule has 108 valence electrons. The van der Waals surface area contributed by atoms with E-state index < -0.39 is 5.97 Å². The molecule has 1 aromatic heterocycles. The lowest BCUT2D eigenvalue weighted by atomic mass is 9.76. The average molecular weight is 266 g/mol. The first-order chi connectivity index (χ1) is 8.94. The molecule has 19 heavy (non-hydrogen) atoms. The molecule has 1 aromatic rings. The number of rotatable bonds is 8. The first kappa shape index (κ1) is 15.7. The van der Waals surface area contributed by atoms with Gasteiger partial charge in [0, 0.05) is 18.7 Å². The van der Waals surface area contributed by atoms with Crippen molar-refractivity contribution >= 4 is 5.97 Å². The Hall–Kier alpha value is -1.32. The zero-order valence-corrected chi connectivity index (χ0v) is 12.6. The lowest BCUT2D eigenvalue weighted by molar-refractivity contribution is -0.137. The molecule has 4 nitrogen and oxygen atoms in total. The maximum absolute atomic E-state index is 10.9. The Balaban J connectivity index is 2.89. The second-order valence-electron chi connectivity index (χ2n) is 5.57. The fourth-order valence-electron chi connectivity index (χ4n) is 2.67. The highest BCUT2D eigenvalue weighted by Crippen LogP contribution is 2.35. The maximum Gasteiger partial charge on any atom is 0.303 e. The topological polar surface area (TPSA) is 55.1 Å². The summed E-state index contributed by atoms with van der Waals surface area (Å²) in [6.45, 7) is 9.27. The largest absolute Gasteiger partial charge is 0.481 e. The van der Waals surface area contributed by atoms with Crippen LogP contribution in [0.5, 0.6) is 0 Å². The molecule has 0 aliphatic heterocycles. The summed E-state index contributed by atoms with van der Waals surface area (Å²) in [5, 5.41) is 13.4. The second-order valence-corrected chi connectivity index (χ2v) is 5.57. The van der Waals surface area contributed by atoms with Gasteiger partial charge in [-0.05, 0) is 44.1 Å². The van der Waals surface area contributed by atoms with Crippen LogP contribution in [-0.2, 0) is 11.3 Å². The fourth-order valence-corrected chi connectivity index (χ4v) is 2.67. The minimum absolute atomic E-state index is 0.0519. The lowest BCUT2D eigenvalue weighted by Crippen LogP contribution is -2.28. The van der Waals surface area contributed by atoms with Crippen LogP contribution in [0.3, 0.4) is 0 Å². The predicted molar refractivity (Wildman–Crippen MR) is 76.2 cm³/mol. The van der Waals surface area contributed by atoms with E-state index in [4.69, 9.17) is 5.11 Å². The molecule has 1 heterocycles. The summed E-state index contributed by atoms with van der Waals surface area (Å²) in [5.74, 6) is -0.706. The van der Waals surface area contributed by atoms with Gasteiger partial charge in [-0.25, -0.2) is 0 Å². The predicted octanol–water partition coefficient (Wildman–Crippen LogP) is 3.56. The summed E-state index contributed by atoms with van der Waals surface area (Å²) < 4.78 is 2.04. The summed E-state index contributed by atoms with van der Waals surface area (Å²) in [6, 6.07) is 0. The number of carboxylic acid groups (broad SMARTS) is 1. The Kier molecular flexibility index (Phi) is 5.58. The summed E-state index contributed by atoms with van der Waals surface area (Å²) in [5.41, 5.74) is 2.43. The monoisotopic (exact) mass is 266 g/mol. The molecule has 0 saturated carbocycles. The Morgan fingerprint density at radius 3 is 2.47 bits per heavy atom. The average Bonchev–Trinajstić information content (AvgIpc) is 2.68. The normalized spacial score (nSPS) is 14.3. The fraction of sp³-hybridized carbons (Fsp3) is 0.733. The van der Waals surface area contributed by atoms with Crippen molar-refractivity contribution in [1.29, 1.82) is 0 Å². The maximum atomic E-state index is 10.9. The Morgan fingerprint density at radius 2 is 2.05 bits per heavy atom. The zero-order chi connectivity index (χ0) is 14.5. The molecule has 0 fully saturated rings. The van der Waals surface area contributed by atoms with Crippen LogP contribution in [0.4, 0.5) is 0 Å². The first-order valence-corrected chi connectivity index (χ1v) is 7.15. The van der Waals surface area contributed by atoms with Gasteiger partial charge in [0.15, 0.2) is 0 Å². The number of carbonyl (C=O) groups is 1. The van der Waals surface area contributed by atoms with E-state index in [9.17, 15) is 4.79 Å². The number of hydrogen-bond donors (Lipinski definition) is 1. The summed E-state index contributed by atoms with van der Waals surface area (Å²) in [7, 11) is 0. The summed E-state index contributed by atoms with van der Waals surface area (Å²) in [4.78, 5) is 10.9. The molecule has 0 bridgehead atoms. The second kappa shape index (κ2) is 6.73. The number of aliphatic carboxylic acids is 1. The van der Waals surface area contributed by atoms with Gasteiger partial charge < -0.3 is 5.11 Å². The van der Waals surface area contributed by atoms with Crippen LogP contribution in [-0.4, -0.2) is 20.9 Å². The van der Waals surface area contributed by atoms with Gasteiger partial charge in [0.2, 0.25) is 0 Å². The van der Waals surface area contributed by atoms with Gasteiger partial charge in [-0.15, -0.1) is 0 Å². The van der Waals surface area contributed by atoms with Crippen LogP contribution in [0.2, 0.25) is 0 Å². The quantitative estimate of drug-likeness (QED) is 0.782. The highest BCUT2D eigenvalue weighted by molar-refractivity contribution is 5.66. The van der Waals surface area contributed by atoms with Gasteiger partial charge in [0.1, 0.15) is 0 Å². The van der Waals surface area contributed by atoms with Crippen molar-refractivity contribution in [2.75, 3.05) is 0 Å². The van der Waals surface area contributed by atoms with E-state index >= 15 is 0 Å². The van der Waals surface area contributed by atoms with Crippen molar-refractivity contribution in [3.8, 4) is 0 Å². The molecule has 1 rings (SSSR count). The number of nitrogens with zero attached hydrogens (tertiary/aromatic N) is 2. The van der Waals surface area contributed by atoms with E-state index in [1.165, 1.54) is 11.3 Å². The summed E-state index contributed by atoms with van der Waals surface area (Å²) >= 11 is 0. The molecule has 0 aliphatic carbocycles. The molecule has 0 radical (unpaired) electrons. The van der Waals surface area contributed by atoms with Crippen molar-refractivity contribution in [3.05, 3.63) is 17.5 Å². The molecule has 1 N–H and O–H groups in total. The van der Waals surface area contributed by atoms with Crippen LogP contribution in [0.25, 0.3) is 0 Å². The Labute approximate surface area is 115 Å². The molecule has 1 unspecified atom stereocenters. The van der Waals surface area contributed by atoms with Crippen molar-refractivity contribution in [3.63, 3.8) is 0 Å². The van der Waals surface area contributed by atoms with Crippen LogP contribution >= 0.6 is 0 Å². The van der Waals surface area contributed by atoms with Gasteiger partial charge in [0.05, 0.1) is 6.20 Å². The third kappa shape index (κ3) is 4.08. The molecule has 0 amide bonds. The van der Waals surface area contributed by atoms with Gasteiger partial charge in [-0.1, -0.05) is 20.3 Å².